The van der Waals surface area contributed by atoms with Crippen LogP contribution in [-0.2, 0) is 9.59 Å². The van der Waals surface area contributed by atoms with Gasteiger partial charge >= 0.3 is 11.9 Å². The highest BCUT2D eigenvalue weighted by atomic mass is 35.5. The van der Waals surface area contributed by atoms with Crippen LogP contribution in [0.1, 0.15) is 0 Å². The normalized spacial score (nSPS) is 10.9. The van der Waals surface area contributed by atoms with Crippen molar-refractivity contribution in [2.45, 2.75) is 0 Å². The second-order valence-corrected chi connectivity index (χ2v) is 3.14. The first kappa shape index (κ1) is 12.1. The number of carboxylic acids is 2. The third-order valence-corrected chi connectivity index (χ3v) is 1.76. The lowest BCUT2D eigenvalue weighted by Gasteiger charge is -2.04. The van der Waals surface area contributed by atoms with Gasteiger partial charge in [0.25, 0.3) is 0 Å². The first-order valence-corrected chi connectivity index (χ1v) is 4.48. The summed E-state index contributed by atoms with van der Waals surface area (Å²) in [5.41, 5.74) is 0. The van der Waals surface area contributed by atoms with Crippen LogP contribution < -0.4 is 4.74 Å². The van der Waals surface area contributed by atoms with Crippen molar-refractivity contribution in [1.82, 2.24) is 0 Å². The summed E-state index contributed by atoms with van der Waals surface area (Å²) in [6.45, 7) is 0. The number of hydrogen-bond donors (Lipinski definition) is 2. The zero-order chi connectivity index (χ0) is 12.1. The van der Waals surface area contributed by atoms with Gasteiger partial charge in [0, 0.05) is 5.02 Å². The number of halogens is 1. The van der Waals surface area contributed by atoms with Gasteiger partial charge in [-0.3, -0.25) is 0 Å². The minimum atomic E-state index is -1.46. The SMILES string of the molecule is O=C(O)C=C(Oc1ccc(Cl)cc1)C(=O)O. The molecule has 2 N–H and O–H groups in total. The van der Waals surface area contributed by atoms with Crippen LogP contribution in [0.2, 0.25) is 5.02 Å². The van der Waals surface area contributed by atoms with Gasteiger partial charge in [-0.15, -0.1) is 0 Å². The Morgan fingerprint density at radius 2 is 1.75 bits per heavy atom. The van der Waals surface area contributed by atoms with E-state index in [2.05, 4.69) is 0 Å². The summed E-state index contributed by atoms with van der Waals surface area (Å²) in [5, 5.41) is 17.5. The van der Waals surface area contributed by atoms with Gasteiger partial charge in [0.15, 0.2) is 0 Å². The molecule has 0 amide bonds. The van der Waals surface area contributed by atoms with Crippen LogP contribution in [0.15, 0.2) is 36.1 Å². The molecule has 0 fully saturated rings. The molecule has 0 saturated carbocycles. The lowest BCUT2D eigenvalue weighted by molar-refractivity contribution is -0.137. The largest absolute Gasteiger partial charge is 0.478 e. The Bertz CT molecular complexity index is 435. The van der Waals surface area contributed by atoms with E-state index in [-0.39, 0.29) is 5.75 Å². The van der Waals surface area contributed by atoms with Crippen molar-refractivity contribution in [1.29, 1.82) is 0 Å². The number of carbonyl (C=O) groups is 2. The van der Waals surface area contributed by atoms with Gasteiger partial charge in [0.1, 0.15) is 5.75 Å². The van der Waals surface area contributed by atoms with Gasteiger partial charge in [0.2, 0.25) is 5.76 Å². The maximum Gasteiger partial charge on any atom is 0.372 e. The average molecular weight is 243 g/mol. The molecule has 0 radical (unpaired) electrons. The van der Waals surface area contributed by atoms with E-state index in [1.165, 1.54) is 24.3 Å². The van der Waals surface area contributed by atoms with Gasteiger partial charge in [-0.25, -0.2) is 9.59 Å². The zero-order valence-corrected chi connectivity index (χ0v) is 8.64. The summed E-state index contributed by atoms with van der Waals surface area (Å²) < 4.78 is 4.86. The topological polar surface area (TPSA) is 83.8 Å². The van der Waals surface area contributed by atoms with E-state index >= 15 is 0 Å². The molecule has 0 bridgehead atoms. The third-order valence-electron chi connectivity index (χ3n) is 1.51. The van der Waals surface area contributed by atoms with E-state index in [1.54, 1.807) is 0 Å². The van der Waals surface area contributed by atoms with E-state index in [4.69, 9.17) is 26.6 Å². The Hall–Kier alpha value is -2.01. The highest BCUT2D eigenvalue weighted by Crippen LogP contribution is 2.17. The van der Waals surface area contributed by atoms with Crippen LogP contribution in [0.25, 0.3) is 0 Å². The molecule has 0 aliphatic heterocycles. The lowest BCUT2D eigenvalue weighted by Crippen LogP contribution is -2.10. The summed E-state index contributed by atoms with van der Waals surface area (Å²) in [5.74, 6) is -3.34. The van der Waals surface area contributed by atoms with Gasteiger partial charge in [-0.2, -0.15) is 0 Å². The number of aliphatic carboxylic acids is 2. The summed E-state index contributed by atoms with van der Waals surface area (Å²) in [7, 11) is 0. The van der Waals surface area contributed by atoms with Crippen molar-refractivity contribution in [3.8, 4) is 5.75 Å². The Morgan fingerprint density at radius 3 is 2.19 bits per heavy atom. The van der Waals surface area contributed by atoms with Crippen molar-refractivity contribution in [3.05, 3.63) is 41.1 Å². The molecule has 0 spiro atoms. The number of benzene rings is 1. The summed E-state index contributed by atoms with van der Waals surface area (Å²) in [4.78, 5) is 20.9. The molecular weight excluding hydrogens is 236 g/mol. The molecule has 1 aromatic carbocycles. The summed E-state index contributed by atoms with van der Waals surface area (Å²) in [6, 6.07) is 5.86. The first-order valence-electron chi connectivity index (χ1n) is 4.10. The fourth-order valence-corrected chi connectivity index (χ4v) is 1.00. The predicted octanol–water partition coefficient (Wildman–Crippen LogP) is 1.77. The molecule has 84 valence electrons. The minimum absolute atomic E-state index is 0.194. The van der Waals surface area contributed by atoms with Crippen molar-refractivity contribution < 1.29 is 24.5 Å². The first-order chi connectivity index (χ1) is 7.49. The molecule has 0 unspecified atom stereocenters. The van der Waals surface area contributed by atoms with Crippen LogP contribution >= 0.6 is 11.6 Å². The highest BCUT2D eigenvalue weighted by Gasteiger charge is 2.12. The van der Waals surface area contributed by atoms with E-state index in [1.807, 2.05) is 0 Å². The van der Waals surface area contributed by atoms with Gasteiger partial charge in [-0.1, -0.05) is 11.6 Å². The maximum absolute atomic E-state index is 10.6. The Kier molecular flexibility index (Phi) is 3.90. The molecule has 1 aromatic rings. The second kappa shape index (κ2) is 5.18. The number of ether oxygens (including phenoxy) is 1. The average Bonchev–Trinajstić information content (AvgIpc) is 2.19. The van der Waals surface area contributed by atoms with E-state index in [0.717, 1.165) is 0 Å². The van der Waals surface area contributed by atoms with Gasteiger partial charge in [-0.05, 0) is 24.3 Å². The van der Waals surface area contributed by atoms with E-state index in [9.17, 15) is 9.59 Å². The third kappa shape index (κ3) is 3.62. The summed E-state index contributed by atoms with van der Waals surface area (Å²) >= 11 is 5.61. The van der Waals surface area contributed by atoms with Crippen LogP contribution in [-0.4, -0.2) is 22.2 Å². The number of hydrogen-bond acceptors (Lipinski definition) is 3. The molecule has 16 heavy (non-hydrogen) atoms. The molecule has 0 aliphatic rings. The molecule has 1 rings (SSSR count). The minimum Gasteiger partial charge on any atom is -0.478 e. The van der Waals surface area contributed by atoms with Gasteiger partial charge in [0.05, 0.1) is 6.08 Å². The summed E-state index contributed by atoms with van der Waals surface area (Å²) in [6.07, 6.45) is 0.469. The number of carboxylic acid groups (broad SMARTS) is 2. The Morgan fingerprint density at radius 1 is 1.19 bits per heavy atom. The second-order valence-electron chi connectivity index (χ2n) is 2.71. The van der Waals surface area contributed by atoms with E-state index in [0.29, 0.717) is 11.1 Å². The molecule has 0 aliphatic carbocycles. The maximum atomic E-state index is 10.6. The van der Waals surface area contributed by atoms with Crippen LogP contribution in [0.5, 0.6) is 5.75 Å². The quantitative estimate of drug-likeness (QED) is 0.621. The van der Waals surface area contributed by atoms with Crippen molar-refractivity contribution in [3.63, 3.8) is 0 Å². The number of rotatable bonds is 4. The van der Waals surface area contributed by atoms with Crippen molar-refractivity contribution in [2.24, 2.45) is 0 Å². The molecule has 0 heterocycles. The van der Waals surface area contributed by atoms with Crippen LogP contribution in [0.4, 0.5) is 0 Å². The smallest absolute Gasteiger partial charge is 0.372 e. The Balaban J connectivity index is 2.88. The Labute approximate surface area is 95.5 Å². The fourth-order valence-electron chi connectivity index (χ4n) is 0.877. The predicted molar refractivity (Wildman–Crippen MR) is 55.4 cm³/mol. The van der Waals surface area contributed by atoms with Crippen molar-refractivity contribution >= 4 is 23.5 Å². The van der Waals surface area contributed by atoms with Crippen LogP contribution in [0, 0.1) is 0 Å². The molecule has 0 aromatic heterocycles. The monoisotopic (exact) mass is 242 g/mol. The molecule has 6 heteroatoms. The molecule has 0 saturated heterocycles. The molecular formula is C10H7ClO5. The molecule has 0 atom stereocenters. The van der Waals surface area contributed by atoms with Gasteiger partial charge < -0.3 is 14.9 Å². The molecule has 5 nitrogen and oxygen atoms in total. The lowest BCUT2D eigenvalue weighted by atomic mass is 10.3. The fraction of sp³-hybridized carbons (Fsp3) is 0. The zero-order valence-electron chi connectivity index (χ0n) is 7.88. The van der Waals surface area contributed by atoms with Crippen molar-refractivity contribution in [2.75, 3.05) is 0 Å². The van der Waals surface area contributed by atoms with E-state index < -0.39 is 17.7 Å². The standard InChI is InChI=1S/C10H7ClO5/c11-6-1-3-7(4-2-6)16-8(10(14)15)5-9(12)13/h1-5H,(H,12,13)(H,14,15). The van der Waals surface area contributed by atoms with Crippen LogP contribution in [0.3, 0.4) is 0 Å². The highest BCUT2D eigenvalue weighted by molar-refractivity contribution is 6.30.